The highest BCUT2D eigenvalue weighted by Crippen LogP contribution is 2.36. The van der Waals surface area contributed by atoms with Gasteiger partial charge in [-0.05, 0) is 50.3 Å². The lowest BCUT2D eigenvalue weighted by atomic mass is 9.95. The molecule has 1 unspecified atom stereocenters. The van der Waals surface area contributed by atoms with Gasteiger partial charge in [-0.2, -0.15) is 13.2 Å². The first-order valence-electron chi connectivity index (χ1n) is 7.44. The van der Waals surface area contributed by atoms with Crippen LogP contribution >= 0.6 is 0 Å². The van der Waals surface area contributed by atoms with E-state index in [-0.39, 0.29) is 18.9 Å². The summed E-state index contributed by atoms with van der Waals surface area (Å²) in [5.41, 5.74) is 9.13. The first kappa shape index (κ1) is 16.1. The first-order valence-corrected chi connectivity index (χ1v) is 7.44. The van der Waals surface area contributed by atoms with Gasteiger partial charge in [0.2, 0.25) is 0 Å². The molecule has 0 spiro atoms. The molecule has 5 heteroatoms. The highest BCUT2D eigenvalue weighted by Gasteiger charge is 2.41. The molecular formula is C16H23F3N2. The second-order valence-electron chi connectivity index (χ2n) is 6.11. The maximum atomic E-state index is 12.7. The Bertz CT molecular complexity index is 475. The summed E-state index contributed by atoms with van der Waals surface area (Å²) in [4.78, 5) is 2.06. The lowest BCUT2D eigenvalue weighted by molar-refractivity contribution is -0.179. The number of benzene rings is 1. The number of nitrogens with two attached hydrogens (primary N) is 1. The van der Waals surface area contributed by atoms with Gasteiger partial charge in [0.15, 0.2) is 0 Å². The van der Waals surface area contributed by atoms with Crippen LogP contribution in [0.3, 0.4) is 0 Å². The predicted molar refractivity (Wildman–Crippen MR) is 79.5 cm³/mol. The van der Waals surface area contributed by atoms with E-state index in [0.717, 1.165) is 17.7 Å². The van der Waals surface area contributed by atoms with Crippen LogP contribution in [0, 0.1) is 12.8 Å². The molecule has 2 rings (SSSR count). The van der Waals surface area contributed by atoms with Gasteiger partial charge < -0.3 is 10.6 Å². The second-order valence-corrected chi connectivity index (χ2v) is 6.11. The molecule has 1 aromatic rings. The number of alkyl halides is 3. The van der Waals surface area contributed by atoms with Gasteiger partial charge in [0.25, 0.3) is 0 Å². The topological polar surface area (TPSA) is 29.3 Å². The van der Waals surface area contributed by atoms with Gasteiger partial charge in [-0.3, -0.25) is 0 Å². The molecule has 0 bridgehead atoms. The van der Waals surface area contributed by atoms with Gasteiger partial charge in [0, 0.05) is 24.8 Å². The average molecular weight is 300 g/mol. The summed E-state index contributed by atoms with van der Waals surface area (Å²) in [5, 5.41) is 0. The molecule has 1 saturated heterocycles. The largest absolute Gasteiger partial charge is 0.391 e. The maximum Gasteiger partial charge on any atom is 0.391 e. The summed E-state index contributed by atoms with van der Waals surface area (Å²) in [6, 6.07) is 6.25. The maximum absolute atomic E-state index is 12.7. The highest BCUT2D eigenvalue weighted by atomic mass is 19.4. The van der Waals surface area contributed by atoms with E-state index >= 15 is 0 Å². The Labute approximate surface area is 124 Å². The normalized spacial score (nSPS) is 18.9. The van der Waals surface area contributed by atoms with Crippen molar-refractivity contribution >= 4 is 5.69 Å². The number of rotatable bonds is 3. The Balaban J connectivity index is 2.04. The van der Waals surface area contributed by atoms with Crippen LogP contribution in [0.2, 0.25) is 0 Å². The summed E-state index contributed by atoms with van der Waals surface area (Å²) in [6.07, 6.45) is -2.87. The summed E-state index contributed by atoms with van der Waals surface area (Å²) < 4.78 is 38.1. The van der Waals surface area contributed by atoms with Gasteiger partial charge >= 0.3 is 6.18 Å². The molecular weight excluding hydrogens is 277 g/mol. The third kappa shape index (κ3) is 4.13. The van der Waals surface area contributed by atoms with Crippen LogP contribution in [0.15, 0.2) is 18.2 Å². The fourth-order valence-corrected chi connectivity index (χ4v) is 3.02. The minimum atomic E-state index is -4.05. The van der Waals surface area contributed by atoms with Crippen molar-refractivity contribution in [3.8, 4) is 0 Å². The zero-order valence-electron chi connectivity index (χ0n) is 12.6. The molecule has 1 fully saturated rings. The van der Waals surface area contributed by atoms with Crippen LogP contribution in [0.1, 0.15) is 30.9 Å². The number of aryl methyl sites for hydroxylation is 1. The lowest BCUT2D eigenvalue weighted by Gasteiger charge is -2.35. The molecule has 21 heavy (non-hydrogen) atoms. The zero-order chi connectivity index (χ0) is 15.6. The monoisotopic (exact) mass is 300 g/mol. The smallest absolute Gasteiger partial charge is 0.371 e. The van der Waals surface area contributed by atoms with Crippen molar-refractivity contribution in [2.24, 2.45) is 11.7 Å². The third-order valence-corrected chi connectivity index (χ3v) is 4.12. The number of hydrogen-bond acceptors (Lipinski definition) is 2. The minimum Gasteiger partial charge on any atom is -0.371 e. The molecule has 2 N–H and O–H groups in total. The van der Waals surface area contributed by atoms with Crippen molar-refractivity contribution in [3.05, 3.63) is 29.3 Å². The van der Waals surface area contributed by atoms with Crippen LogP contribution in [0.5, 0.6) is 0 Å². The van der Waals surface area contributed by atoms with E-state index in [1.165, 1.54) is 5.56 Å². The van der Waals surface area contributed by atoms with Gasteiger partial charge in [0.1, 0.15) is 0 Å². The van der Waals surface area contributed by atoms with Crippen molar-refractivity contribution in [1.82, 2.24) is 0 Å². The first-order chi connectivity index (χ1) is 9.77. The van der Waals surface area contributed by atoms with E-state index in [9.17, 15) is 13.2 Å². The number of nitrogens with zero attached hydrogens (tertiary/aromatic N) is 1. The Kier molecular flexibility index (Phi) is 4.81. The van der Waals surface area contributed by atoms with Crippen LogP contribution in [0.25, 0.3) is 0 Å². The molecule has 0 aromatic heterocycles. The summed E-state index contributed by atoms with van der Waals surface area (Å²) >= 11 is 0. The molecule has 1 heterocycles. The zero-order valence-corrected chi connectivity index (χ0v) is 12.6. The molecule has 0 aliphatic carbocycles. The summed E-state index contributed by atoms with van der Waals surface area (Å²) in [5.74, 6) is -1.15. The van der Waals surface area contributed by atoms with Crippen molar-refractivity contribution < 1.29 is 13.2 Å². The standard InChI is InChI=1S/C16H23F3N2/c1-11-9-13(10-12(2)20)3-4-15(11)21-7-5-14(6-8-21)16(17,18)19/h3-4,9,12,14H,5-8,10,20H2,1-2H3. The number of halogens is 3. The predicted octanol–water partition coefficient (Wildman–Crippen LogP) is 3.66. The van der Waals surface area contributed by atoms with E-state index in [0.29, 0.717) is 13.1 Å². The molecule has 2 nitrogen and oxygen atoms in total. The van der Waals surface area contributed by atoms with E-state index < -0.39 is 12.1 Å². The SMILES string of the molecule is Cc1cc(CC(C)N)ccc1N1CCC(C(F)(F)F)CC1. The highest BCUT2D eigenvalue weighted by molar-refractivity contribution is 5.54. The summed E-state index contributed by atoms with van der Waals surface area (Å²) in [6.45, 7) is 4.91. The van der Waals surface area contributed by atoms with Crippen LogP contribution in [-0.4, -0.2) is 25.3 Å². The lowest BCUT2D eigenvalue weighted by Crippen LogP contribution is -2.39. The van der Waals surface area contributed by atoms with E-state index in [4.69, 9.17) is 5.73 Å². The quantitative estimate of drug-likeness (QED) is 0.923. The van der Waals surface area contributed by atoms with Crippen LogP contribution in [0.4, 0.5) is 18.9 Å². The van der Waals surface area contributed by atoms with E-state index in [1.807, 2.05) is 26.0 Å². The Morgan fingerprint density at radius 1 is 1.29 bits per heavy atom. The molecule has 0 radical (unpaired) electrons. The van der Waals surface area contributed by atoms with E-state index in [1.54, 1.807) is 0 Å². The Hall–Kier alpha value is -1.23. The molecule has 1 atom stereocenters. The van der Waals surface area contributed by atoms with Gasteiger partial charge in [-0.15, -0.1) is 0 Å². The molecule has 118 valence electrons. The molecule has 1 aliphatic rings. The van der Waals surface area contributed by atoms with E-state index in [2.05, 4.69) is 11.0 Å². The van der Waals surface area contributed by atoms with Crippen LogP contribution in [-0.2, 0) is 6.42 Å². The fourth-order valence-electron chi connectivity index (χ4n) is 3.02. The third-order valence-electron chi connectivity index (χ3n) is 4.12. The Morgan fingerprint density at radius 2 is 1.90 bits per heavy atom. The van der Waals surface area contributed by atoms with Gasteiger partial charge in [0.05, 0.1) is 5.92 Å². The second kappa shape index (κ2) is 6.26. The molecule has 0 amide bonds. The molecule has 1 aliphatic heterocycles. The van der Waals surface area contributed by atoms with Crippen molar-refractivity contribution in [3.63, 3.8) is 0 Å². The van der Waals surface area contributed by atoms with Gasteiger partial charge in [-0.1, -0.05) is 12.1 Å². The van der Waals surface area contributed by atoms with Crippen molar-refractivity contribution in [1.29, 1.82) is 0 Å². The Morgan fingerprint density at radius 3 is 2.38 bits per heavy atom. The number of piperidine rings is 1. The average Bonchev–Trinajstić information content (AvgIpc) is 2.37. The molecule has 0 saturated carbocycles. The van der Waals surface area contributed by atoms with Crippen molar-refractivity contribution in [2.45, 2.75) is 45.3 Å². The number of anilines is 1. The summed E-state index contributed by atoms with van der Waals surface area (Å²) in [7, 11) is 0. The molecule has 1 aromatic carbocycles. The van der Waals surface area contributed by atoms with Crippen molar-refractivity contribution in [2.75, 3.05) is 18.0 Å². The van der Waals surface area contributed by atoms with Gasteiger partial charge in [-0.25, -0.2) is 0 Å². The minimum absolute atomic E-state index is 0.109. The fraction of sp³-hybridized carbons (Fsp3) is 0.625. The number of hydrogen-bond donors (Lipinski definition) is 1. The van der Waals surface area contributed by atoms with Crippen LogP contribution < -0.4 is 10.6 Å².